The summed E-state index contributed by atoms with van der Waals surface area (Å²) in [6.07, 6.45) is -1.55. The Hall–Kier alpha value is -3.51. The minimum absolute atomic E-state index is 0.0208. The van der Waals surface area contributed by atoms with Crippen LogP contribution in [0.1, 0.15) is 79.0 Å². The predicted molar refractivity (Wildman–Crippen MR) is 218 cm³/mol. The molecule has 6 rings (SSSR count). The minimum atomic E-state index is -1.19. The maximum absolute atomic E-state index is 14.5. The van der Waals surface area contributed by atoms with Gasteiger partial charge in [-0.2, -0.15) is 0 Å². The molecule has 4 aliphatic rings. The van der Waals surface area contributed by atoms with Gasteiger partial charge in [-0.05, 0) is 85.3 Å². The number of aliphatic hydroxyl groups excluding tert-OH is 1. The molecule has 58 heavy (non-hydrogen) atoms. The van der Waals surface area contributed by atoms with Crippen LogP contribution in [0.2, 0.25) is 0 Å². The van der Waals surface area contributed by atoms with Crippen LogP contribution in [0, 0.1) is 17.8 Å². The van der Waals surface area contributed by atoms with Crippen molar-refractivity contribution in [1.82, 2.24) is 9.88 Å². The third kappa shape index (κ3) is 9.59. The molecule has 16 heteroatoms. The number of pyridine rings is 1. The molecule has 13 atom stereocenters. The Balaban J connectivity index is 1.35. The first-order valence-corrected chi connectivity index (χ1v) is 21.2. The SMILES string of the molecule is CC[C@H]1OC(=O)[C@H](C)[C@H]2C[C@@H](OC3O[C@H](C)C[C@H](N(C)C)[C@H]3O)[C@](C)(C[C@@H](C)C(=O)[C@H](C)C3N=C(N)OC31C)OC/C(=N/OCc1ccc(-c3ccccn3)s1)CO2. The molecule has 0 aromatic carbocycles. The van der Waals surface area contributed by atoms with Gasteiger partial charge in [0.2, 0.25) is 0 Å². The lowest BCUT2D eigenvalue weighted by atomic mass is 9.75. The van der Waals surface area contributed by atoms with Crippen LogP contribution in [0.4, 0.5) is 0 Å². The summed E-state index contributed by atoms with van der Waals surface area (Å²) in [7, 11) is 3.82. The van der Waals surface area contributed by atoms with Crippen LogP contribution in [-0.4, -0.2) is 126 Å². The van der Waals surface area contributed by atoms with E-state index in [2.05, 4.69) is 15.1 Å². The quantitative estimate of drug-likeness (QED) is 0.275. The fraction of sp³-hybridized carbons (Fsp3) is 0.690. The van der Waals surface area contributed by atoms with Crippen molar-refractivity contribution in [2.24, 2.45) is 33.6 Å². The summed E-state index contributed by atoms with van der Waals surface area (Å²) in [5.74, 6) is -2.65. The number of likely N-dealkylation sites (N-methyl/N-ethyl adjacent to an activating group) is 1. The molecule has 2 aromatic rings. The monoisotopic (exact) mass is 827 g/mol. The summed E-state index contributed by atoms with van der Waals surface area (Å²) in [6, 6.07) is 8.75. The average molecular weight is 828 g/mol. The number of nitrogens with two attached hydrogens (primary N) is 1. The van der Waals surface area contributed by atoms with E-state index in [0.29, 0.717) is 18.6 Å². The number of rotatable bonds is 8. The van der Waals surface area contributed by atoms with Crippen LogP contribution in [0.3, 0.4) is 0 Å². The fourth-order valence-corrected chi connectivity index (χ4v) is 9.66. The van der Waals surface area contributed by atoms with Crippen LogP contribution in [0.15, 0.2) is 46.7 Å². The zero-order valence-corrected chi connectivity index (χ0v) is 36.0. The van der Waals surface area contributed by atoms with E-state index < -0.39 is 71.7 Å². The molecule has 6 heterocycles. The number of aliphatic hydroxyl groups is 1. The van der Waals surface area contributed by atoms with Crippen LogP contribution in [0.5, 0.6) is 0 Å². The number of ether oxygens (including phenoxy) is 6. The van der Waals surface area contributed by atoms with E-state index in [1.807, 2.05) is 83.9 Å². The summed E-state index contributed by atoms with van der Waals surface area (Å²) in [5, 5.41) is 16.1. The van der Waals surface area contributed by atoms with E-state index in [4.69, 9.17) is 39.0 Å². The molecule has 2 aromatic heterocycles. The molecule has 3 unspecified atom stereocenters. The van der Waals surface area contributed by atoms with Gasteiger partial charge in [-0.15, -0.1) is 11.3 Å². The molecule has 3 saturated heterocycles. The Labute approximate surface area is 345 Å². The van der Waals surface area contributed by atoms with E-state index in [0.717, 1.165) is 15.4 Å². The smallest absolute Gasteiger partial charge is 0.311 e. The standard InChI is InChI=1S/C42H61N5O10S/c1-10-33-42(7)37(45-40(43)57-42)26(5)35(48)23(2)19-41(6)34(56-39-36(49)30(47(8)9)17-24(3)54-39)18-31(25(4)38(50)55-33)51-20-27(21-52-41)46-53-22-28-14-15-32(58-28)29-13-11-12-16-44-29/h11-16,23-26,30-31,33-34,36-37,39,49H,10,17-22H2,1-9H3,(H2,43,45)/b46-27+/t23-,24-,25-,26+,30+,31-,33-,34-,36-,37?,39?,41+,42?/m1/s1. The number of nitrogens with zero attached hydrogens (tertiary/aromatic N) is 4. The van der Waals surface area contributed by atoms with Gasteiger partial charge in [0.1, 0.15) is 29.7 Å². The summed E-state index contributed by atoms with van der Waals surface area (Å²) >= 11 is 1.56. The number of amidine groups is 1. The number of fused-ring (bicyclic) bond motifs is 4. The maximum atomic E-state index is 14.5. The van der Waals surface area contributed by atoms with Crippen molar-refractivity contribution in [3.05, 3.63) is 41.4 Å². The molecule has 2 bridgehead atoms. The van der Waals surface area contributed by atoms with Gasteiger partial charge in [0, 0.05) is 35.4 Å². The minimum Gasteiger partial charge on any atom is -0.458 e. The fourth-order valence-electron chi connectivity index (χ4n) is 8.77. The van der Waals surface area contributed by atoms with E-state index in [-0.39, 0.29) is 56.6 Å². The number of esters is 1. The highest BCUT2D eigenvalue weighted by Crippen LogP contribution is 2.41. The van der Waals surface area contributed by atoms with Gasteiger partial charge in [0.15, 0.2) is 18.5 Å². The Kier molecular flexibility index (Phi) is 14.0. The Morgan fingerprint density at radius 1 is 1.07 bits per heavy atom. The van der Waals surface area contributed by atoms with Crippen molar-refractivity contribution in [2.75, 3.05) is 27.3 Å². The number of carbonyl (C=O) groups is 2. The molecular formula is C42H61N5O10S. The molecule has 320 valence electrons. The van der Waals surface area contributed by atoms with Crippen molar-refractivity contribution in [1.29, 1.82) is 0 Å². The number of hydrogen-bond acceptors (Lipinski definition) is 16. The lowest BCUT2D eigenvalue weighted by molar-refractivity contribution is -0.294. The molecule has 0 spiro atoms. The summed E-state index contributed by atoms with van der Waals surface area (Å²) in [4.78, 5) is 47.6. The second-order valence-corrected chi connectivity index (χ2v) is 18.1. The topological polar surface area (TPSA) is 186 Å². The van der Waals surface area contributed by atoms with Crippen molar-refractivity contribution in [3.63, 3.8) is 0 Å². The predicted octanol–water partition coefficient (Wildman–Crippen LogP) is 4.73. The number of hydrogen-bond donors (Lipinski definition) is 2. The molecule has 0 aliphatic carbocycles. The van der Waals surface area contributed by atoms with Crippen LogP contribution >= 0.6 is 11.3 Å². The summed E-state index contributed by atoms with van der Waals surface area (Å²) < 4.78 is 38.9. The number of ketones is 1. The molecule has 3 N–H and O–H groups in total. The van der Waals surface area contributed by atoms with Crippen molar-refractivity contribution in [3.8, 4) is 10.6 Å². The second kappa shape index (κ2) is 18.4. The van der Waals surface area contributed by atoms with Gasteiger partial charge < -0.3 is 49.0 Å². The van der Waals surface area contributed by atoms with E-state index >= 15 is 0 Å². The number of aromatic nitrogens is 1. The highest BCUT2D eigenvalue weighted by atomic mass is 32.1. The Morgan fingerprint density at radius 3 is 2.55 bits per heavy atom. The highest BCUT2D eigenvalue weighted by Gasteiger charge is 2.55. The van der Waals surface area contributed by atoms with Crippen molar-refractivity contribution < 1.29 is 48.0 Å². The molecule has 3 fully saturated rings. The number of aliphatic imine (C=N–C) groups is 1. The van der Waals surface area contributed by atoms with Gasteiger partial charge >= 0.3 is 5.97 Å². The third-order valence-corrected chi connectivity index (χ3v) is 13.3. The van der Waals surface area contributed by atoms with Crippen LogP contribution in [-0.2, 0) is 49.5 Å². The number of thiophene rings is 1. The molecule has 0 saturated carbocycles. The van der Waals surface area contributed by atoms with Crippen LogP contribution in [0.25, 0.3) is 10.6 Å². The van der Waals surface area contributed by atoms with Crippen molar-refractivity contribution in [2.45, 2.75) is 141 Å². The molecule has 15 nitrogen and oxygen atoms in total. The van der Waals surface area contributed by atoms with E-state index in [1.54, 1.807) is 31.4 Å². The summed E-state index contributed by atoms with van der Waals surface area (Å²) in [5.41, 5.74) is 5.09. The van der Waals surface area contributed by atoms with Gasteiger partial charge in [0.25, 0.3) is 6.02 Å². The Morgan fingerprint density at radius 2 is 1.84 bits per heavy atom. The lowest BCUT2D eigenvalue weighted by Crippen LogP contribution is -2.58. The Bertz CT molecular complexity index is 1790. The number of oxime groups is 1. The number of Topliss-reactive ketones (excluding diaryl/α,β-unsaturated/α-hetero) is 1. The number of carbonyl (C=O) groups excluding carboxylic acids is 2. The van der Waals surface area contributed by atoms with Crippen LogP contribution < -0.4 is 5.73 Å². The van der Waals surface area contributed by atoms with Gasteiger partial charge in [-0.25, -0.2) is 4.99 Å². The molecule has 0 amide bonds. The maximum Gasteiger partial charge on any atom is 0.311 e. The second-order valence-electron chi connectivity index (χ2n) is 16.9. The highest BCUT2D eigenvalue weighted by molar-refractivity contribution is 7.15. The zero-order chi connectivity index (χ0) is 41.9. The van der Waals surface area contributed by atoms with E-state index in [9.17, 15) is 14.7 Å². The number of cyclic esters (lactones) is 1. The zero-order valence-electron chi connectivity index (χ0n) is 35.2. The molecular weight excluding hydrogens is 767 g/mol. The first-order valence-electron chi connectivity index (χ1n) is 20.4. The first-order chi connectivity index (χ1) is 27.5. The largest absolute Gasteiger partial charge is 0.458 e. The first kappa shape index (κ1) is 44.1. The third-order valence-electron chi connectivity index (χ3n) is 12.2. The van der Waals surface area contributed by atoms with Crippen molar-refractivity contribution >= 4 is 34.8 Å². The lowest BCUT2D eigenvalue weighted by Gasteiger charge is -2.46. The van der Waals surface area contributed by atoms with E-state index in [1.165, 1.54) is 0 Å². The molecule has 0 radical (unpaired) electrons. The summed E-state index contributed by atoms with van der Waals surface area (Å²) in [6.45, 7) is 13.1. The average Bonchev–Trinajstić information content (AvgIpc) is 3.81. The van der Waals surface area contributed by atoms with Gasteiger partial charge in [-0.3, -0.25) is 14.6 Å². The normalized spacial score (nSPS) is 38.5. The van der Waals surface area contributed by atoms with Gasteiger partial charge in [-0.1, -0.05) is 32.0 Å². The van der Waals surface area contributed by atoms with Gasteiger partial charge in [0.05, 0.1) is 53.6 Å². The molecule has 4 aliphatic heterocycles.